The molecule has 0 aromatic heterocycles. The van der Waals surface area contributed by atoms with Crippen molar-refractivity contribution >= 4 is 11.6 Å². The third-order valence-electron chi connectivity index (χ3n) is 8.40. The summed E-state index contributed by atoms with van der Waals surface area (Å²) in [4.78, 5) is 24.1. The molecule has 0 bridgehead atoms. The summed E-state index contributed by atoms with van der Waals surface area (Å²) in [5, 5.41) is 22.0. The van der Waals surface area contributed by atoms with E-state index in [4.69, 9.17) is 0 Å². The van der Waals surface area contributed by atoms with E-state index in [-0.39, 0.29) is 40.2 Å². The number of hydrogen-bond acceptors (Lipinski definition) is 4. The van der Waals surface area contributed by atoms with Crippen LogP contribution in [0.4, 0.5) is 0 Å². The molecule has 0 radical (unpaired) electrons. The maximum absolute atomic E-state index is 12.2. The van der Waals surface area contributed by atoms with Gasteiger partial charge in [0.1, 0.15) is 5.78 Å². The summed E-state index contributed by atoms with van der Waals surface area (Å²) in [6.45, 7) is 6.00. The first kappa shape index (κ1) is 17.4. The lowest BCUT2D eigenvalue weighted by Gasteiger charge is -2.60. The van der Waals surface area contributed by atoms with Crippen molar-refractivity contribution in [1.82, 2.24) is 0 Å². The SMILES string of the molecule is CC(=O)[C@H]1CC[C@H]2[C@@H]3C[C@@H](O)C4=CC(=O)CC[C@]4(C)[C@H]3[C@H](O)C[C@]12C. The first-order chi connectivity index (χ1) is 11.7. The number of carbonyl (C=O) groups excluding carboxylic acids is 2. The zero-order chi connectivity index (χ0) is 18.1. The lowest BCUT2D eigenvalue weighted by Crippen LogP contribution is -2.59. The average Bonchev–Trinajstić information content (AvgIpc) is 2.85. The third-order valence-corrected chi connectivity index (χ3v) is 8.40. The molecular formula is C21H30O4. The zero-order valence-corrected chi connectivity index (χ0v) is 15.5. The van der Waals surface area contributed by atoms with Crippen LogP contribution in [0.3, 0.4) is 0 Å². The van der Waals surface area contributed by atoms with Crippen molar-refractivity contribution in [3.05, 3.63) is 11.6 Å². The van der Waals surface area contributed by atoms with Crippen LogP contribution < -0.4 is 0 Å². The van der Waals surface area contributed by atoms with Gasteiger partial charge in [0.25, 0.3) is 0 Å². The van der Waals surface area contributed by atoms with Gasteiger partial charge in [-0.3, -0.25) is 9.59 Å². The van der Waals surface area contributed by atoms with Crippen molar-refractivity contribution in [3.63, 3.8) is 0 Å². The van der Waals surface area contributed by atoms with Crippen molar-refractivity contribution in [3.8, 4) is 0 Å². The molecule has 0 aromatic rings. The highest BCUT2D eigenvalue weighted by molar-refractivity contribution is 5.92. The zero-order valence-electron chi connectivity index (χ0n) is 15.5. The number of fused-ring (bicyclic) bond motifs is 5. The van der Waals surface area contributed by atoms with Crippen molar-refractivity contribution in [2.24, 2.45) is 34.5 Å². The van der Waals surface area contributed by atoms with Crippen molar-refractivity contribution < 1.29 is 19.8 Å². The highest BCUT2D eigenvalue weighted by atomic mass is 16.3. The Bertz CT molecular complexity index is 652. The Morgan fingerprint density at radius 3 is 2.64 bits per heavy atom. The minimum Gasteiger partial charge on any atom is -0.393 e. The molecule has 138 valence electrons. The highest BCUT2D eigenvalue weighted by Gasteiger charge is 2.63. The maximum Gasteiger partial charge on any atom is 0.155 e. The van der Waals surface area contributed by atoms with Gasteiger partial charge in [-0.05, 0) is 79.3 Å². The Balaban J connectivity index is 1.76. The van der Waals surface area contributed by atoms with E-state index in [9.17, 15) is 19.8 Å². The third kappa shape index (κ3) is 2.26. The van der Waals surface area contributed by atoms with E-state index >= 15 is 0 Å². The molecule has 0 aromatic carbocycles. The lowest BCUT2D eigenvalue weighted by molar-refractivity contribution is -0.152. The number of aliphatic hydroxyl groups is 2. The molecule has 0 heterocycles. The van der Waals surface area contributed by atoms with Crippen molar-refractivity contribution in [2.45, 2.75) is 71.5 Å². The largest absolute Gasteiger partial charge is 0.393 e. The van der Waals surface area contributed by atoms with E-state index in [0.717, 1.165) is 18.4 Å². The molecule has 4 heteroatoms. The van der Waals surface area contributed by atoms with Crippen LogP contribution in [0.2, 0.25) is 0 Å². The topological polar surface area (TPSA) is 74.6 Å². The molecule has 25 heavy (non-hydrogen) atoms. The summed E-state index contributed by atoms with van der Waals surface area (Å²) in [7, 11) is 0. The first-order valence-corrected chi connectivity index (χ1v) is 9.80. The molecule has 3 fully saturated rings. The molecule has 0 spiro atoms. The molecule has 4 aliphatic carbocycles. The van der Waals surface area contributed by atoms with Gasteiger partial charge in [0, 0.05) is 12.3 Å². The lowest BCUT2D eigenvalue weighted by atomic mass is 9.45. The fraction of sp³-hybridized carbons (Fsp3) is 0.810. The summed E-state index contributed by atoms with van der Waals surface area (Å²) in [6.07, 6.45) is 4.99. The molecule has 8 atom stereocenters. The van der Waals surface area contributed by atoms with Gasteiger partial charge in [0.05, 0.1) is 12.2 Å². The van der Waals surface area contributed by atoms with Crippen LogP contribution >= 0.6 is 0 Å². The maximum atomic E-state index is 12.2. The fourth-order valence-corrected chi connectivity index (χ4v) is 7.41. The molecule has 4 rings (SSSR count). The highest BCUT2D eigenvalue weighted by Crippen LogP contribution is 2.66. The van der Waals surface area contributed by atoms with Gasteiger partial charge in [-0.25, -0.2) is 0 Å². The number of Topliss-reactive ketones (excluding diaryl/α,β-unsaturated/α-hetero) is 1. The average molecular weight is 346 g/mol. The van der Waals surface area contributed by atoms with Gasteiger partial charge >= 0.3 is 0 Å². The normalized spacial score (nSPS) is 52.0. The van der Waals surface area contributed by atoms with E-state index < -0.39 is 12.2 Å². The van der Waals surface area contributed by atoms with Crippen molar-refractivity contribution in [2.75, 3.05) is 0 Å². The van der Waals surface area contributed by atoms with Gasteiger partial charge in [0.2, 0.25) is 0 Å². The van der Waals surface area contributed by atoms with E-state index in [1.165, 1.54) is 0 Å². The van der Waals surface area contributed by atoms with E-state index in [1.807, 2.05) is 0 Å². The molecule has 3 saturated carbocycles. The predicted molar refractivity (Wildman–Crippen MR) is 93.7 cm³/mol. The Labute approximate surface area is 149 Å². The van der Waals surface area contributed by atoms with Gasteiger partial charge in [-0.15, -0.1) is 0 Å². The van der Waals surface area contributed by atoms with Crippen LogP contribution in [0.5, 0.6) is 0 Å². The molecule has 0 unspecified atom stereocenters. The molecule has 0 aliphatic heterocycles. The van der Waals surface area contributed by atoms with Gasteiger partial charge < -0.3 is 10.2 Å². The van der Waals surface area contributed by atoms with Crippen LogP contribution in [-0.4, -0.2) is 34.0 Å². The Kier molecular flexibility index (Phi) is 3.83. The summed E-state index contributed by atoms with van der Waals surface area (Å²) in [6, 6.07) is 0. The summed E-state index contributed by atoms with van der Waals surface area (Å²) in [5.41, 5.74) is 0.383. The van der Waals surface area contributed by atoms with Gasteiger partial charge in [-0.1, -0.05) is 13.8 Å². The monoisotopic (exact) mass is 346 g/mol. The molecular weight excluding hydrogens is 316 g/mol. The Morgan fingerprint density at radius 2 is 1.96 bits per heavy atom. The number of aliphatic hydroxyl groups excluding tert-OH is 2. The van der Waals surface area contributed by atoms with Gasteiger partial charge in [0.15, 0.2) is 5.78 Å². The van der Waals surface area contributed by atoms with E-state index in [2.05, 4.69) is 13.8 Å². The van der Waals surface area contributed by atoms with E-state index in [1.54, 1.807) is 13.0 Å². The number of carbonyl (C=O) groups is 2. The van der Waals surface area contributed by atoms with Crippen LogP contribution in [0.25, 0.3) is 0 Å². The van der Waals surface area contributed by atoms with Crippen LogP contribution in [0.15, 0.2) is 11.6 Å². The fourth-order valence-electron chi connectivity index (χ4n) is 7.41. The molecule has 2 N–H and O–H groups in total. The minimum atomic E-state index is -0.596. The number of ketones is 2. The molecule has 0 saturated heterocycles. The first-order valence-electron chi connectivity index (χ1n) is 9.80. The summed E-state index contributed by atoms with van der Waals surface area (Å²) >= 11 is 0. The minimum absolute atomic E-state index is 0.0305. The Morgan fingerprint density at radius 1 is 1.24 bits per heavy atom. The van der Waals surface area contributed by atoms with E-state index in [0.29, 0.717) is 31.6 Å². The van der Waals surface area contributed by atoms with Crippen LogP contribution in [0.1, 0.15) is 59.3 Å². The number of rotatable bonds is 1. The molecule has 0 amide bonds. The summed E-state index contributed by atoms with van der Waals surface area (Å²) in [5.74, 6) is 1.05. The second-order valence-electron chi connectivity index (χ2n) is 9.55. The molecule has 4 aliphatic rings. The molecule has 4 nitrogen and oxygen atoms in total. The van der Waals surface area contributed by atoms with Gasteiger partial charge in [-0.2, -0.15) is 0 Å². The number of hydrogen-bond donors (Lipinski definition) is 2. The Hall–Kier alpha value is -1.00. The van der Waals surface area contributed by atoms with Crippen molar-refractivity contribution in [1.29, 1.82) is 0 Å². The van der Waals surface area contributed by atoms with Crippen LogP contribution in [0, 0.1) is 34.5 Å². The second-order valence-corrected chi connectivity index (χ2v) is 9.55. The quantitative estimate of drug-likeness (QED) is 0.765. The smallest absolute Gasteiger partial charge is 0.155 e. The standard InChI is InChI=1S/C21H30O4/c1-11(22)14-4-5-15-13-9-17(24)16-8-12(23)6-7-20(16,2)19(13)18(25)10-21(14,15)3/h8,13-15,17-19,24-25H,4-7,9-10H2,1-3H3/t13-,14+,15-,17+,18+,19+,20-,21+/m0/s1. The van der Waals surface area contributed by atoms with Crippen LogP contribution in [-0.2, 0) is 9.59 Å². The second kappa shape index (κ2) is 5.50. The summed E-state index contributed by atoms with van der Waals surface area (Å²) < 4.78 is 0. The predicted octanol–water partition coefficient (Wildman–Crippen LogP) is 2.67.